The summed E-state index contributed by atoms with van der Waals surface area (Å²) in [7, 11) is 0. The fourth-order valence-corrected chi connectivity index (χ4v) is 3.10. The fraction of sp³-hybridized carbons (Fsp3) is 0.917. The Morgan fingerprint density at radius 2 is 2.18 bits per heavy atom. The van der Waals surface area contributed by atoms with Crippen LogP contribution >= 0.6 is 11.8 Å². The number of thioether (sulfide) groups is 1. The Balaban J connectivity index is 1.69. The lowest BCUT2D eigenvalue weighted by atomic mass is 10.1. The monoisotopic (exact) mass is 257 g/mol. The largest absolute Gasteiger partial charge is 0.379 e. The number of amidine groups is 1. The fourth-order valence-electron chi connectivity index (χ4n) is 1.94. The van der Waals surface area contributed by atoms with Gasteiger partial charge >= 0.3 is 0 Å². The minimum Gasteiger partial charge on any atom is -0.379 e. The molecule has 98 valence electrons. The number of nitrogens with zero attached hydrogens (tertiary/aromatic N) is 2. The molecule has 5 heteroatoms. The van der Waals surface area contributed by atoms with Crippen molar-refractivity contribution < 1.29 is 4.74 Å². The van der Waals surface area contributed by atoms with Gasteiger partial charge in [0.1, 0.15) is 0 Å². The highest BCUT2D eigenvalue weighted by atomic mass is 32.2. The van der Waals surface area contributed by atoms with Crippen molar-refractivity contribution in [2.24, 2.45) is 10.9 Å². The summed E-state index contributed by atoms with van der Waals surface area (Å²) in [5, 5.41) is 4.60. The van der Waals surface area contributed by atoms with Crippen molar-refractivity contribution in [3.05, 3.63) is 0 Å². The molecule has 2 aliphatic rings. The second-order valence-corrected chi connectivity index (χ2v) is 5.87. The van der Waals surface area contributed by atoms with Crippen molar-refractivity contribution in [2.45, 2.75) is 19.9 Å². The molecule has 0 radical (unpaired) electrons. The van der Waals surface area contributed by atoms with Gasteiger partial charge in [0.05, 0.1) is 19.8 Å². The zero-order chi connectivity index (χ0) is 12.1. The molecule has 2 heterocycles. The Labute approximate surface area is 108 Å². The summed E-state index contributed by atoms with van der Waals surface area (Å²) < 4.78 is 5.33. The van der Waals surface area contributed by atoms with E-state index in [1.807, 2.05) is 11.8 Å². The van der Waals surface area contributed by atoms with Gasteiger partial charge in [0, 0.05) is 31.4 Å². The third-order valence-electron chi connectivity index (χ3n) is 3.46. The van der Waals surface area contributed by atoms with Gasteiger partial charge in [-0.05, 0) is 12.8 Å². The Bertz CT molecular complexity index is 266. The van der Waals surface area contributed by atoms with Crippen LogP contribution in [-0.2, 0) is 4.74 Å². The molecule has 0 aromatic carbocycles. The van der Waals surface area contributed by atoms with Gasteiger partial charge in [0.2, 0.25) is 0 Å². The Kier molecular flexibility index (Phi) is 5.13. The summed E-state index contributed by atoms with van der Waals surface area (Å²) in [5.74, 6) is 1.92. The second-order valence-electron chi connectivity index (χ2n) is 4.86. The molecule has 2 aliphatic heterocycles. The lowest BCUT2D eigenvalue weighted by Crippen LogP contribution is -2.42. The average molecular weight is 257 g/mol. The van der Waals surface area contributed by atoms with Crippen molar-refractivity contribution in [1.82, 2.24) is 10.2 Å². The summed E-state index contributed by atoms with van der Waals surface area (Å²) >= 11 is 1.86. The van der Waals surface area contributed by atoms with E-state index in [1.54, 1.807) is 0 Å². The van der Waals surface area contributed by atoms with Gasteiger partial charge in [-0.25, -0.2) is 0 Å². The molecular formula is C12H23N3OS. The quantitative estimate of drug-likeness (QED) is 0.819. The number of hydrogen-bond acceptors (Lipinski definition) is 4. The lowest BCUT2D eigenvalue weighted by molar-refractivity contribution is 0.0394. The number of rotatable bonds is 3. The second kappa shape index (κ2) is 6.61. The van der Waals surface area contributed by atoms with Gasteiger partial charge < -0.3 is 10.1 Å². The van der Waals surface area contributed by atoms with Crippen LogP contribution in [-0.4, -0.2) is 61.3 Å². The molecular weight excluding hydrogens is 234 g/mol. The van der Waals surface area contributed by atoms with Crippen LogP contribution in [0, 0.1) is 5.92 Å². The van der Waals surface area contributed by atoms with E-state index in [-0.39, 0.29) is 0 Å². The maximum absolute atomic E-state index is 5.33. The standard InChI is InChI=1S/C12H23N3OS/c1-10-9-17-12(14-11(10)2)13-3-4-15-5-7-16-8-6-15/h10-11H,3-9H2,1-2H3,(H,13,14). The van der Waals surface area contributed by atoms with Crippen LogP contribution in [0.2, 0.25) is 0 Å². The van der Waals surface area contributed by atoms with E-state index < -0.39 is 0 Å². The molecule has 0 aromatic rings. The Morgan fingerprint density at radius 1 is 1.41 bits per heavy atom. The van der Waals surface area contributed by atoms with Crippen LogP contribution in [0.25, 0.3) is 0 Å². The van der Waals surface area contributed by atoms with E-state index in [0.717, 1.165) is 50.5 Å². The lowest BCUT2D eigenvalue weighted by Gasteiger charge is -2.29. The summed E-state index contributed by atoms with van der Waals surface area (Å²) in [6, 6.07) is 0.554. The minimum atomic E-state index is 0.554. The average Bonchev–Trinajstić information content (AvgIpc) is 2.35. The molecule has 0 spiro atoms. The third-order valence-corrected chi connectivity index (χ3v) is 4.68. The molecule has 2 unspecified atom stereocenters. The highest BCUT2D eigenvalue weighted by Crippen LogP contribution is 2.19. The Morgan fingerprint density at radius 3 is 2.88 bits per heavy atom. The maximum Gasteiger partial charge on any atom is 0.156 e. The van der Waals surface area contributed by atoms with E-state index in [2.05, 4.69) is 29.1 Å². The predicted octanol–water partition coefficient (Wildman–Crippen LogP) is 1.04. The highest BCUT2D eigenvalue weighted by Gasteiger charge is 2.20. The number of ether oxygens (including phenoxy) is 1. The normalized spacial score (nSPS) is 33.6. The molecule has 2 saturated heterocycles. The molecule has 17 heavy (non-hydrogen) atoms. The molecule has 4 nitrogen and oxygen atoms in total. The molecule has 2 rings (SSSR count). The van der Waals surface area contributed by atoms with Crippen molar-refractivity contribution in [3.8, 4) is 0 Å². The van der Waals surface area contributed by atoms with Crippen LogP contribution in [0.15, 0.2) is 4.99 Å². The van der Waals surface area contributed by atoms with Crippen LogP contribution in [0.1, 0.15) is 13.8 Å². The van der Waals surface area contributed by atoms with E-state index in [4.69, 9.17) is 4.74 Å². The van der Waals surface area contributed by atoms with Crippen LogP contribution in [0.3, 0.4) is 0 Å². The number of aliphatic imine (C=N–C) groups is 1. The van der Waals surface area contributed by atoms with Crippen molar-refractivity contribution >= 4 is 16.9 Å². The smallest absolute Gasteiger partial charge is 0.156 e. The van der Waals surface area contributed by atoms with E-state index in [0.29, 0.717) is 6.04 Å². The third kappa shape index (κ3) is 4.16. The predicted molar refractivity (Wildman–Crippen MR) is 73.8 cm³/mol. The van der Waals surface area contributed by atoms with Crippen molar-refractivity contribution in [3.63, 3.8) is 0 Å². The van der Waals surface area contributed by atoms with E-state index >= 15 is 0 Å². The minimum absolute atomic E-state index is 0.554. The molecule has 2 fully saturated rings. The number of nitrogens with one attached hydrogen (secondary N) is 1. The van der Waals surface area contributed by atoms with Gasteiger partial charge in [-0.2, -0.15) is 0 Å². The topological polar surface area (TPSA) is 36.9 Å². The summed E-state index contributed by atoms with van der Waals surface area (Å²) in [6.07, 6.45) is 0. The molecule has 0 bridgehead atoms. The number of hydrogen-bond donors (Lipinski definition) is 1. The molecule has 0 amide bonds. The van der Waals surface area contributed by atoms with Gasteiger partial charge in [0.25, 0.3) is 0 Å². The van der Waals surface area contributed by atoms with E-state index in [9.17, 15) is 0 Å². The SMILES string of the molecule is CC1CSC(=NCCN2CCOCC2)NC1C. The van der Waals surface area contributed by atoms with Crippen LogP contribution < -0.4 is 5.32 Å². The van der Waals surface area contributed by atoms with Gasteiger partial charge in [-0.3, -0.25) is 9.89 Å². The molecule has 0 aliphatic carbocycles. The zero-order valence-corrected chi connectivity index (χ0v) is 11.6. The van der Waals surface area contributed by atoms with Crippen molar-refractivity contribution in [1.29, 1.82) is 0 Å². The van der Waals surface area contributed by atoms with Crippen molar-refractivity contribution in [2.75, 3.05) is 45.1 Å². The first-order valence-electron chi connectivity index (χ1n) is 6.49. The van der Waals surface area contributed by atoms with Crippen LogP contribution in [0.5, 0.6) is 0 Å². The first kappa shape index (κ1) is 13.2. The van der Waals surface area contributed by atoms with Gasteiger partial charge in [0.15, 0.2) is 5.17 Å². The molecule has 0 aromatic heterocycles. The molecule has 0 saturated carbocycles. The zero-order valence-electron chi connectivity index (χ0n) is 10.8. The maximum atomic E-state index is 5.33. The first-order chi connectivity index (χ1) is 8.25. The molecule has 1 N–H and O–H groups in total. The van der Waals surface area contributed by atoms with Crippen LogP contribution in [0.4, 0.5) is 0 Å². The highest BCUT2D eigenvalue weighted by molar-refractivity contribution is 8.13. The Hall–Kier alpha value is -0.260. The summed E-state index contributed by atoms with van der Waals surface area (Å²) in [6.45, 7) is 10.3. The van der Waals surface area contributed by atoms with E-state index in [1.165, 1.54) is 5.75 Å². The molecule has 2 atom stereocenters. The summed E-state index contributed by atoms with van der Waals surface area (Å²) in [4.78, 5) is 7.07. The van der Waals surface area contributed by atoms with Gasteiger partial charge in [-0.15, -0.1) is 0 Å². The first-order valence-corrected chi connectivity index (χ1v) is 7.48. The number of morpholine rings is 1. The summed E-state index contributed by atoms with van der Waals surface area (Å²) in [5.41, 5.74) is 0. The van der Waals surface area contributed by atoms with Gasteiger partial charge in [-0.1, -0.05) is 18.7 Å².